The molecule has 104 valence electrons. The van der Waals surface area contributed by atoms with Gasteiger partial charge in [-0.15, -0.1) is 0 Å². The van der Waals surface area contributed by atoms with Crippen LogP contribution in [0.2, 0.25) is 0 Å². The minimum absolute atomic E-state index is 0.104. The number of hydrogen-bond acceptors (Lipinski definition) is 3. The van der Waals surface area contributed by atoms with Gasteiger partial charge in [-0.1, -0.05) is 18.6 Å². The standard InChI is InChI=1S/C16H23NO2/c1-2-19-15-10-14(16(15)7-4-8-16)17-13-6-3-5-12(9-13)11-18/h3,5-6,9,14-15,17-18H,2,4,7-8,10-11H2,1H3/t14-,15+/m0/s1. The summed E-state index contributed by atoms with van der Waals surface area (Å²) in [5, 5.41) is 12.8. The van der Waals surface area contributed by atoms with Crippen molar-refractivity contribution in [2.24, 2.45) is 5.41 Å². The van der Waals surface area contributed by atoms with Crippen molar-refractivity contribution < 1.29 is 9.84 Å². The van der Waals surface area contributed by atoms with E-state index >= 15 is 0 Å². The average molecular weight is 261 g/mol. The van der Waals surface area contributed by atoms with Crippen molar-refractivity contribution in [3.63, 3.8) is 0 Å². The highest BCUT2D eigenvalue weighted by atomic mass is 16.5. The first-order valence-corrected chi connectivity index (χ1v) is 7.36. The summed E-state index contributed by atoms with van der Waals surface area (Å²) in [5.41, 5.74) is 2.47. The zero-order chi connectivity index (χ0) is 13.3. The molecule has 3 nitrogen and oxygen atoms in total. The lowest BCUT2D eigenvalue weighted by molar-refractivity contribution is -0.157. The Morgan fingerprint density at radius 1 is 1.42 bits per heavy atom. The fourth-order valence-electron chi connectivity index (χ4n) is 3.60. The van der Waals surface area contributed by atoms with Gasteiger partial charge in [-0.05, 0) is 43.9 Å². The molecule has 3 rings (SSSR count). The first-order chi connectivity index (χ1) is 9.28. The van der Waals surface area contributed by atoms with Gasteiger partial charge in [0.05, 0.1) is 12.7 Å². The predicted molar refractivity (Wildman–Crippen MR) is 76.1 cm³/mol. The van der Waals surface area contributed by atoms with Crippen LogP contribution in [0.5, 0.6) is 0 Å². The van der Waals surface area contributed by atoms with Gasteiger partial charge in [0, 0.05) is 23.8 Å². The minimum Gasteiger partial charge on any atom is -0.392 e. The lowest BCUT2D eigenvalue weighted by Gasteiger charge is -2.61. The lowest BCUT2D eigenvalue weighted by atomic mass is 9.51. The highest BCUT2D eigenvalue weighted by Crippen LogP contribution is 2.58. The lowest BCUT2D eigenvalue weighted by Crippen LogP contribution is -2.64. The van der Waals surface area contributed by atoms with Crippen molar-refractivity contribution in [3.8, 4) is 0 Å². The van der Waals surface area contributed by atoms with Gasteiger partial charge >= 0.3 is 0 Å². The molecule has 2 N–H and O–H groups in total. The van der Waals surface area contributed by atoms with E-state index in [0.717, 1.165) is 24.3 Å². The number of aliphatic hydroxyl groups excluding tert-OH is 1. The van der Waals surface area contributed by atoms with Gasteiger partial charge < -0.3 is 15.2 Å². The number of nitrogens with one attached hydrogen (secondary N) is 1. The first-order valence-electron chi connectivity index (χ1n) is 7.36. The smallest absolute Gasteiger partial charge is 0.0682 e. The van der Waals surface area contributed by atoms with Gasteiger partial charge in [0.25, 0.3) is 0 Å². The maximum Gasteiger partial charge on any atom is 0.0682 e. The van der Waals surface area contributed by atoms with E-state index in [4.69, 9.17) is 4.74 Å². The maximum atomic E-state index is 9.19. The van der Waals surface area contributed by atoms with E-state index in [1.54, 1.807) is 0 Å². The van der Waals surface area contributed by atoms with Crippen LogP contribution in [-0.4, -0.2) is 23.9 Å². The first kappa shape index (κ1) is 12.9. The summed E-state index contributed by atoms with van der Waals surface area (Å²) in [4.78, 5) is 0. The summed E-state index contributed by atoms with van der Waals surface area (Å²) in [6.07, 6.45) is 5.46. The molecule has 2 atom stereocenters. The Kier molecular flexibility index (Phi) is 3.50. The summed E-state index contributed by atoms with van der Waals surface area (Å²) >= 11 is 0. The van der Waals surface area contributed by atoms with Crippen LogP contribution in [-0.2, 0) is 11.3 Å². The Labute approximate surface area is 115 Å². The van der Waals surface area contributed by atoms with Crippen LogP contribution in [0.25, 0.3) is 0 Å². The second-order valence-corrected chi connectivity index (χ2v) is 5.82. The Morgan fingerprint density at radius 2 is 2.26 bits per heavy atom. The molecule has 0 aliphatic heterocycles. The monoisotopic (exact) mass is 261 g/mol. The number of rotatable bonds is 5. The molecule has 2 saturated carbocycles. The summed E-state index contributed by atoms with van der Waals surface area (Å²) in [7, 11) is 0. The molecule has 1 aromatic carbocycles. The molecule has 0 radical (unpaired) electrons. The molecule has 0 heterocycles. The summed E-state index contributed by atoms with van der Waals surface area (Å²) in [6.45, 7) is 3.00. The Hall–Kier alpha value is -1.06. The molecule has 0 unspecified atom stereocenters. The van der Waals surface area contributed by atoms with Gasteiger partial charge in [0.1, 0.15) is 0 Å². The topological polar surface area (TPSA) is 41.5 Å². The van der Waals surface area contributed by atoms with Crippen molar-refractivity contribution in [3.05, 3.63) is 29.8 Å². The molecule has 0 aromatic heterocycles. The van der Waals surface area contributed by atoms with E-state index in [-0.39, 0.29) is 6.61 Å². The zero-order valence-electron chi connectivity index (χ0n) is 11.6. The number of aliphatic hydroxyl groups is 1. The minimum atomic E-state index is 0.104. The maximum absolute atomic E-state index is 9.19. The highest BCUT2D eigenvalue weighted by molar-refractivity contribution is 5.48. The molecular formula is C16H23NO2. The van der Waals surface area contributed by atoms with Crippen LogP contribution in [0.4, 0.5) is 5.69 Å². The fourth-order valence-corrected chi connectivity index (χ4v) is 3.60. The van der Waals surface area contributed by atoms with Crippen LogP contribution in [0.1, 0.15) is 38.2 Å². The molecule has 2 fully saturated rings. The SMILES string of the molecule is CCO[C@@H]1C[C@H](Nc2cccc(CO)c2)C12CCC2. The van der Waals surface area contributed by atoms with Crippen LogP contribution in [0, 0.1) is 5.41 Å². The van der Waals surface area contributed by atoms with Crippen molar-refractivity contribution in [1.82, 2.24) is 0 Å². The van der Waals surface area contributed by atoms with E-state index in [1.165, 1.54) is 19.3 Å². The summed E-state index contributed by atoms with van der Waals surface area (Å²) in [6, 6.07) is 8.61. The molecule has 1 spiro atoms. The molecule has 19 heavy (non-hydrogen) atoms. The van der Waals surface area contributed by atoms with Crippen molar-refractivity contribution in [2.45, 2.75) is 51.4 Å². The van der Waals surface area contributed by atoms with Crippen LogP contribution in [0.15, 0.2) is 24.3 Å². The quantitative estimate of drug-likeness (QED) is 0.856. The van der Waals surface area contributed by atoms with E-state index in [1.807, 2.05) is 18.2 Å². The highest BCUT2D eigenvalue weighted by Gasteiger charge is 2.58. The molecular weight excluding hydrogens is 238 g/mol. The summed E-state index contributed by atoms with van der Waals surface area (Å²) in [5.74, 6) is 0. The molecule has 2 aliphatic carbocycles. The third-order valence-electron chi connectivity index (χ3n) is 4.89. The van der Waals surface area contributed by atoms with E-state index in [0.29, 0.717) is 17.6 Å². The summed E-state index contributed by atoms with van der Waals surface area (Å²) < 4.78 is 5.87. The Balaban J connectivity index is 1.67. The Morgan fingerprint density at radius 3 is 2.89 bits per heavy atom. The van der Waals surface area contributed by atoms with Crippen LogP contribution < -0.4 is 5.32 Å². The molecule has 1 aromatic rings. The third-order valence-corrected chi connectivity index (χ3v) is 4.89. The van der Waals surface area contributed by atoms with Gasteiger partial charge in [-0.2, -0.15) is 0 Å². The van der Waals surface area contributed by atoms with Gasteiger partial charge in [0.2, 0.25) is 0 Å². The third kappa shape index (κ3) is 2.15. The molecule has 2 aliphatic rings. The van der Waals surface area contributed by atoms with E-state index < -0.39 is 0 Å². The fraction of sp³-hybridized carbons (Fsp3) is 0.625. The average Bonchev–Trinajstić information content (AvgIpc) is 2.36. The van der Waals surface area contributed by atoms with Crippen molar-refractivity contribution in [1.29, 1.82) is 0 Å². The van der Waals surface area contributed by atoms with Gasteiger partial charge in [-0.3, -0.25) is 0 Å². The zero-order valence-corrected chi connectivity index (χ0v) is 11.6. The van der Waals surface area contributed by atoms with Crippen LogP contribution in [0.3, 0.4) is 0 Å². The molecule has 0 saturated heterocycles. The van der Waals surface area contributed by atoms with Gasteiger partial charge in [-0.25, -0.2) is 0 Å². The van der Waals surface area contributed by atoms with E-state index in [9.17, 15) is 5.11 Å². The van der Waals surface area contributed by atoms with Crippen LogP contribution >= 0.6 is 0 Å². The molecule has 0 bridgehead atoms. The largest absolute Gasteiger partial charge is 0.392 e. The molecule has 3 heteroatoms. The van der Waals surface area contributed by atoms with Gasteiger partial charge in [0.15, 0.2) is 0 Å². The normalized spacial score (nSPS) is 27.7. The number of benzene rings is 1. The molecule has 0 amide bonds. The van der Waals surface area contributed by atoms with Crippen molar-refractivity contribution in [2.75, 3.05) is 11.9 Å². The van der Waals surface area contributed by atoms with Crippen molar-refractivity contribution >= 4 is 5.69 Å². The number of anilines is 1. The number of ether oxygens (including phenoxy) is 1. The predicted octanol–water partition coefficient (Wildman–Crippen LogP) is 2.94. The second-order valence-electron chi connectivity index (χ2n) is 5.82. The Bertz CT molecular complexity index is 442. The van der Waals surface area contributed by atoms with E-state index in [2.05, 4.69) is 18.3 Å². The number of hydrogen-bond donors (Lipinski definition) is 2. The second kappa shape index (κ2) is 5.14.